The van der Waals surface area contributed by atoms with Gasteiger partial charge in [0, 0.05) is 18.7 Å². The predicted molar refractivity (Wildman–Crippen MR) is 122 cm³/mol. The highest BCUT2D eigenvalue weighted by atomic mass is 32.2. The van der Waals surface area contributed by atoms with Crippen LogP contribution in [0.15, 0.2) is 53.4 Å². The summed E-state index contributed by atoms with van der Waals surface area (Å²) in [7, 11) is -3.65. The van der Waals surface area contributed by atoms with Gasteiger partial charge in [-0.3, -0.25) is 9.59 Å². The molecule has 1 saturated heterocycles. The minimum Gasteiger partial charge on any atom is -0.494 e. The maximum absolute atomic E-state index is 12.9. The number of rotatable bonds is 10. The first kappa shape index (κ1) is 24.7. The van der Waals surface area contributed by atoms with Gasteiger partial charge in [-0.2, -0.15) is 4.31 Å². The molecule has 0 N–H and O–H groups in total. The van der Waals surface area contributed by atoms with Crippen LogP contribution in [0.25, 0.3) is 0 Å². The van der Waals surface area contributed by atoms with Crippen molar-refractivity contribution in [2.24, 2.45) is 5.92 Å². The first-order chi connectivity index (χ1) is 15.8. The fraction of sp³-hybridized carbons (Fsp3) is 0.417. The maximum atomic E-state index is 12.9. The van der Waals surface area contributed by atoms with E-state index in [1.807, 2.05) is 13.8 Å². The molecule has 0 unspecified atom stereocenters. The van der Waals surface area contributed by atoms with Crippen LogP contribution in [0.4, 0.5) is 0 Å². The number of nitrogens with zero attached hydrogens (tertiary/aromatic N) is 1. The molecule has 1 heterocycles. The third-order valence-electron chi connectivity index (χ3n) is 5.39. The second-order valence-electron chi connectivity index (χ2n) is 7.57. The number of ketones is 1. The Bertz CT molecular complexity index is 1040. The van der Waals surface area contributed by atoms with E-state index < -0.39 is 21.9 Å². The molecule has 0 amide bonds. The monoisotopic (exact) mass is 475 g/mol. The number of ether oxygens (including phenoxy) is 3. The lowest BCUT2D eigenvalue weighted by Gasteiger charge is -2.30. The molecule has 1 aliphatic rings. The fourth-order valence-corrected chi connectivity index (χ4v) is 5.07. The third-order valence-corrected chi connectivity index (χ3v) is 7.31. The van der Waals surface area contributed by atoms with E-state index in [2.05, 4.69) is 0 Å². The normalized spacial score (nSPS) is 15.1. The van der Waals surface area contributed by atoms with Gasteiger partial charge in [0.05, 0.1) is 24.0 Å². The lowest BCUT2D eigenvalue weighted by molar-refractivity contribution is -0.148. The Kier molecular flexibility index (Phi) is 8.46. The molecule has 9 heteroatoms. The third kappa shape index (κ3) is 6.33. The van der Waals surface area contributed by atoms with Crippen molar-refractivity contribution in [3.63, 3.8) is 0 Å². The van der Waals surface area contributed by atoms with E-state index in [1.165, 1.54) is 16.4 Å². The minimum atomic E-state index is -3.65. The molecule has 2 aromatic rings. The van der Waals surface area contributed by atoms with Crippen molar-refractivity contribution in [3.8, 4) is 11.5 Å². The molecule has 178 valence electrons. The van der Waals surface area contributed by atoms with Gasteiger partial charge in [0.2, 0.25) is 10.0 Å². The van der Waals surface area contributed by atoms with Crippen LogP contribution >= 0.6 is 0 Å². The number of hydrogen-bond acceptors (Lipinski definition) is 7. The zero-order chi connectivity index (χ0) is 23.8. The lowest BCUT2D eigenvalue weighted by Crippen LogP contribution is -2.40. The number of hydrogen-bond donors (Lipinski definition) is 0. The Morgan fingerprint density at radius 1 is 0.879 bits per heavy atom. The van der Waals surface area contributed by atoms with Gasteiger partial charge >= 0.3 is 5.97 Å². The van der Waals surface area contributed by atoms with Crippen molar-refractivity contribution in [2.45, 2.75) is 31.6 Å². The molecule has 0 aliphatic carbocycles. The molecule has 0 bridgehead atoms. The molecule has 33 heavy (non-hydrogen) atoms. The van der Waals surface area contributed by atoms with E-state index in [0.717, 1.165) is 0 Å². The van der Waals surface area contributed by atoms with Gasteiger partial charge in [0.1, 0.15) is 11.5 Å². The summed E-state index contributed by atoms with van der Waals surface area (Å²) < 4.78 is 43.1. The van der Waals surface area contributed by atoms with Gasteiger partial charge in [0.15, 0.2) is 12.4 Å². The number of carbonyl (C=O) groups is 2. The van der Waals surface area contributed by atoms with Gasteiger partial charge in [-0.25, -0.2) is 8.42 Å². The summed E-state index contributed by atoms with van der Waals surface area (Å²) in [6.07, 6.45) is 0.679. The Morgan fingerprint density at radius 2 is 1.39 bits per heavy atom. The minimum absolute atomic E-state index is 0.188. The predicted octanol–water partition coefficient (Wildman–Crippen LogP) is 3.31. The number of carbonyl (C=O) groups excluding carboxylic acids is 2. The molecule has 8 nitrogen and oxygen atoms in total. The topological polar surface area (TPSA) is 99.2 Å². The first-order valence-corrected chi connectivity index (χ1v) is 12.4. The van der Waals surface area contributed by atoms with Crippen molar-refractivity contribution in [1.29, 1.82) is 0 Å². The molecule has 1 fully saturated rings. The van der Waals surface area contributed by atoms with Gasteiger partial charge < -0.3 is 14.2 Å². The molecule has 0 aromatic heterocycles. The van der Waals surface area contributed by atoms with E-state index in [4.69, 9.17) is 14.2 Å². The summed E-state index contributed by atoms with van der Waals surface area (Å²) in [4.78, 5) is 24.9. The van der Waals surface area contributed by atoms with Crippen LogP contribution in [-0.4, -0.2) is 57.4 Å². The van der Waals surface area contributed by atoms with E-state index >= 15 is 0 Å². The van der Waals surface area contributed by atoms with Crippen LogP contribution in [-0.2, 0) is 19.6 Å². The molecule has 1 aliphatic heterocycles. The molecule has 0 radical (unpaired) electrons. The van der Waals surface area contributed by atoms with Crippen LogP contribution in [0.5, 0.6) is 11.5 Å². The summed E-state index contributed by atoms with van der Waals surface area (Å²) in [5.74, 6) is 0.0508. The highest BCUT2D eigenvalue weighted by Crippen LogP contribution is 2.26. The van der Waals surface area contributed by atoms with Crippen molar-refractivity contribution in [1.82, 2.24) is 4.31 Å². The number of Topliss-reactive ketones (excluding diaryl/α,β-unsaturated/α-hetero) is 1. The molecule has 0 saturated carbocycles. The van der Waals surface area contributed by atoms with Crippen molar-refractivity contribution in [2.75, 3.05) is 32.9 Å². The number of sulfonamides is 1. The number of esters is 1. The Hall–Kier alpha value is -2.91. The first-order valence-electron chi connectivity index (χ1n) is 11.0. The average molecular weight is 476 g/mol. The second kappa shape index (κ2) is 11.3. The molecule has 3 rings (SSSR count). The zero-order valence-corrected chi connectivity index (χ0v) is 19.7. The summed E-state index contributed by atoms with van der Waals surface area (Å²) in [5.41, 5.74) is 0.433. The fourth-order valence-electron chi connectivity index (χ4n) is 3.60. The summed E-state index contributed by atoms with van der Waals surface area (Å²) in [6, 6.07) is 12.9. The van der Waals surface area contributed by atoms with Gasteiger partial charge in [-0.05, 0) is 75.2 Å². The standard InChI is InChI=1S/C24H29NO7S/c1-3-30-20-7-5-18(6-8-20)23(26)17-32-24(27)19-13-15-25(16-14-19)33(28,29)22-11-9-21(10-12-22)31-4-2/h5-12,19H,3-4,13-17H2,1-2H3. The Morgan fingerprint density at radius 3 is 1.91 bits per heavy atom. The molecule has 0 spiro atoms. The van der Waals surface area contributed by atoms with Crippen LogP contribution in [0.1, 0.15) is 37.0 Å². The number of piperidine rings is 1. The van der Waals surface area contributed by atoms with Crippen LogP contribution in [0.2, 0.25) is 0 Å². The van der Waals surface area contributed by atoms with Crippen LogP contribution < -0.4 is 9.47 Å². The highest BCUT2D eigenvalue weighted by molar-refractivity contribution is 7.89. The smallest absolute Gasteiger partial charge is 0.309 e. The zero-order valence-electron chi connectivity index (χ0n) is 18.9. The van der Waals surface area contributed by atoms with Crippen molar-refractivity contribution in [3.05, 3.63) is 54.1 Å². The number of benzene rings is 2. The maximum Gasteiger partial charge on any atom is 0.309 e. The highest BCUT2D eigenvalue weighted by Gasteiger charge is 2.33. The van der Waals surface area contributed by atoms with E-state index in [1.54, 1.807) is 36.4 Å². The van der Waals surface area contributed by atoms with Gasteiger partial charge in [-0.15, -0.1) is 0 Å². The van der Waals surface area contributed by atoms with Crippen LogP contribution in [0.3, 0.4) is 0 Å². The SMILES string of the molecule is CCOc1ccc(C(=O)COC(=O)C2CCN(S(=O)(=O)c3ccc(OCC)cc3)CC2)cc1. The Labute approximate surface area is 194 Å². The summed E-state index contributed by atoms with van der Waals surface area (Å²) in [5, 5.41) is 0. The van der Waals surface area contributed by atoms with Gasteiger partial charge in [0.25, 0.3) is 0 Å². The molecule has 2 aromatic carbocycles. The van der Waals surface area contributed by atoms with Gasteiger partial charge in [-0.1, -0.05) is 0 Å². The van der Waals surface area contributed by atoms with E-state index in [0.29, 0.717) is 43.1 Å². The Balaban J connectivity index is 1.49. The van der Waals surface area contributed by atoms with Crippen molar-refractivity contribution >= 4 is 21.8 Å². The molecular weight excluding hydrogens is 446 g/mol. The van der Waals surface area contributed by atoms with Crippen molar-refractivity contribution < 1.29 is 32.2 Å². The quantitative estimate of drug-likeness (QED) is 0.384. The molecule has 0 atom stereocenters. The summed E-state index contributed by atoms with van der Waals surface area (Å²) in [6.45, 7) is 4.84. The average Bonchev–Trinajstić information content (AvgIpc) is 2.83. The molecular formula is C24H29NO7S. The largest absolute Gasteiger partial charge is 0.494 e. The lowest BCUT2D eigenvalue weighted by atomic mass is 9.98. The second-order valence-corrected chi connectivity index (χ2v) is 9.51. The summed E-state index contributed by atoms with van der Waals surface area (Å²) >= 11 is 0. The van der Waals surface area contributed by atoms with E-state index in [-0.39, 0.29) is 30.4 Å². The van der Waals surface area contributed by atoms with Crippen LogP contribution in [0, 0.1) is 5.92 Å². The van der Waals surface area contributed by atoms with E-state index in [9.17, 15) is 18.0 Å².